The Kier molecular flexibility index (Phi) is 21.3. The summed E-state index contributed by atoms with van der Waals surface area (Å²) in [7, 11) is 1.39. The van der Waals surface area contributed by atoms with Crippen LogP contribution in [-0.4, -0.2) is 193 Å². The molecule has 3 fully saturated rings. The molecule has 0 aromatic heterocycles. The molecule has 22 nitrogen and oxygen atoms in total. The zero-order valence-electron chi connectivity index (χ0n) is 54.9. The van der Waals surface area contributed by atoms with E-state index in [1.54, 1.807) is 61.8 Å². The van der Waals surface area contributed by atoms with Crippen molar-refractivity contribution in [2.24, 2.45) is 5.92 Å². The predicted octanol–water partition coefficient (Wildman–Crippen LogP) is 7.27. The molecule has 25 heteroatoms. The number of benzene rings is 4. The van der Waals surface area contributed by atoms with Gasteiger partial charge in [-0.3, -0.25) is 43.5 Å². The summed E-state index contributed by atoms with van der Waals surface area (Å²) in [6.45, 7) is 20.2. The number of amides is 8. The molecule has 0 radical (unpaired) electrons. The molecule has 1 unspecified atom stereocenters. The first-order valence-corrected chi connectivity index (χ1v) is 31.7. The highest BCUT2D eigenvalue weighted by Gasteiger charge is 2.49. The lowest BCUT2D eigenvalue weighted by molar-refractivity contribution is -0.144. The fourth-order valence-corrected chi connectivity index (χ4v) is 12.7. The summed E-state index contributed by atoms with van der Waals surface area (Å²) in [5.41, 5.74) is -0.379. The van der Waals surface area contributed by atoms with E-state index in [4.69, 9.17) is 18.9 Å². The minimum atomic E-state index is -1.57. The number of nitrogens with zero attached hydrogens (tertiary/aromatic N) is 6. The number of carbonyl (C=O) groups is 8. The van der Waals surface area contributed by atoms with Crippen molar-refractivity contribution >= 4 is 64.7 Å². The van der Waals surface area contributed by atoms with Crippen LogP contribution in [0.3, 0.4) is 0 Å². The molecule has 0 aliphatic carbocycles. The molecule has 3 saturated heterocycles. The Hall–Kier alpha value is -8.13. The summed E-state index contributed by atoms with van der Waals surface area (Å²) in [5, 5.41) is 10.7. The van der Waals surface area contributed by atoms with Gasteiger partial charge in [-0.05, 0) is 165 Å². The number of rotatable bonds is 17. The number of fused-ring (bicyclic) bond motifs is 2. The van der Waals surface area contributed by atoms with E-state index in [9.17, 15) is 33.2 Å². The Bertz CT molecular complexity index is 3450. The summed E-state index contributed by atoms with van der Waals surface area (Å²) in [4.78, 5) is 125. The zero-order valence-corrected chi connectivity index (χ0v) is 54.9. The van der Waals surface area contributed by atoms with Gasteiger partial charge in [0.15, 0.2) is 0 Å². The normalized spacial score (nSPS) is 21.8. The standard InChI is InChI=1S/C68H87F3N10O12/c1-40-33-78(49(35-77-25-28-91-38-41(77)2)36-79(40)65(89)93-67(7,8)9)37-56(83)81-39-68(10,51-22-17-44(30-54(51)81)29-43-15-19-47(69)20-16-43)63(87)72-32-55(82)73-48-21-18-46-34-80(59(50(46)31-48)61(85)75-58-52(70)13-12-14-53(58)71)62(86)57(45-23-26-90-27-24-45)74-60(84)42(3)76(11)64(88)92-66(4,5)6/h12-22,30-31,40-42,45,49,57,59H,23-29,32-39H2,1-11H3,(H,72,87)(H,73,82)(H,74,84)(H,75,85)/t40-,41-,42+,49+,57+,59+,68?/m1/s1. The summed E-state index contributed by atoms with van der Waals surface area (Å²) < 4.78 is 67.2. The molecule has 0 spiro atoms. The van der Waals surface area contributed by atoms with Crippen LogP contribution in [0.4, 0.5) is 39.8 Å². The summed E-state index contributed by atoms with van der Waals surface area (Å²) in [6, 6.07) is 14.7. The minimum absolute atomic E-state index is 0.0611. The summed E-state index contributed by atoms with van der Waals surface area (Å²) in [6.07, 6.45) is -0.153. The van der Waals surface area contributed by atoms with Crippen molar-refractivity contribution in [3.8, 4) is 0 Å². The first kappa shape index (κ1) is 69.2. The number of likely N-dealkylation sites (N-methyl/N-ethyl adjacent to an activating group) is 1. The van der Waals surface area contributed by atoms with E-state index in [1.807, 2.05) is 39.8 Å². The SMILES string of the molecule is C[C@@H]1COCCN1C[C@H]1CN(C(=O)OC(C)(C)C)[C@H](C)CN1CC(=O)N1CC(C)(C(=O)NCC(=O)Nc2ccc3c(c2)[C@@H](C(=O)Nc2c(F)cccc2F)N(C(=O)[C@@H](NC(=O)[C@H](C)N(C)C(=O)OC(C)(C)C)C2CCOCC2)C3)c2ccc(Cc3ccc(F)cc3)cc21. The average Bonchev–Trinajstić information content (AvgIpc) is 1.61. The maximum absolute atomic E-state index is 15.2. The molecular formula is C68H87F3N10O12. The zero-order chi connectivity index (χ0) is 67.4. The maximum Gasteiger partial charge on any atom is 0.410 e. The Morgan fingerprint density at radius 3 is 2.12 bits per heavy atom. The number of ether oxygens (including phenoxy) is 4. The third kappa shape index (κ3) is 16.4. The van der Waals surface area contributed by atoms with Crippen LogP contribution in [0.1, 0.15) is 116 Å². The van der Waals surface area contributed by atoms with Crippen molar-refractivity contribution in [1.82, 2.24) is 35.1 Å². The molecule has 9 rings (SSSR count). The van der Waals surface area contributed by atoms with Crippen LogP contribution in [0.25, 0.3) is 0 Å². The number of piperazine rings is 1. The van der Waals surface area contributed by atoms with Crippen LogP contribution in [0.2, 0.25) is 0 Å². The number of hydrogen-bond donors (Lipinski definition) is 4. The summed E-state index contributed by atoms with van der Waals surface area (Å²) in [5.74, 6) is -7.02. The van der Waals surface area contributed by atoms with E-state index in [-0.39, 0.29) is 73.9 Å². The monoisotopic (exact) mass is 1290 g/mol. The Morgan fingerprint density at radius 2 is 1.45 bits per heavy atom. The van der Waals surface area contributed by atoms with Gasteiger partial charge in [-0.25, -0.2) is 22.8 Å². The Labute approximate surface area is 541 Å². The Balaban J connectivity index is 0.947. The second kappa shape index (κ2) is 28.6. The van der Waals surface area contributed by atoms with Gasteiger partial charge >= 0.3 is 12.2 Å². The van der Waals surface area contributed by atoms with Gasteiger partial charge in [-0.2, -0.15) is 0 Å². The molecule has 502 valence electrons. The van der Waals surface area contributed by atoms with E-state index in [0.29, 0.717) is 75.5 Å². The number of nitrogens with one attached hydrogen (secondary N) is 4. The van der Waals surface area contributed by atoms with Crippen molar-refractivity contribution in [2.45, 2.75) is 148 Å². The van der Waals surface area contributed by atoms with E-state index in [1.165, 1.54) is 43.1 Å². The highest BCUT2D eigenvalue weighted by Crippen LogP contribution is 2.43. The molecule has 5 heterocycles. The quantitative estimate of drug-likeness (QED) is 0.0813. The fourth-order valence-electron chi connectivity index (χ4n) is 12.7. The molecule has 4 aromatic carbocycles. The molecule has 0 saturated carbocycles. The molecule has 5 aliphatic heterocycles. The third-order valence-electron chi connectivity index (χ3n) is 17.9. The summed E-state index contributed by atoms with van der Waals surface area (Å²) >= 11 is 0. The lowest BCUT2D eigenvalue weighted by atomic mass is 9.83. The fraction of sp³-hybridized carbons (Fsp3) is 0.529. The van der Waals surface area contributed by atoms with Crippen molar-refractivity contribution < 1.29 is 70.5 Å². The van der Waals surface area contributed by atoms with Crippen LogP contribution in [-0.2, 0) is 66.1 Å². The molecule has 7 atom stereocenters. The lowest BCUT2D eigenvalue weighted by Crippen LogP contribution is -2.64. The molecule has 4 N–H and O–H groups in total. The van der Waals surface area contributed by atoms with Gasteiger partial charge < -0.3 is 54.9 Å². The van der Waals surface area contributed by atoms with Gasteiger partial charge in [0.2, 0.25) is 29.5 Å². The van der Waals surface area contributed by atoms with Crippen LogP contribution in [0.15, 0.2) is 78.9 Å². The van der Waals surface area contributed by atoms with E-state index < -0.39 is 106 Å². The van der Waals surface area contributed by atoms with Gasteiger partial charge in [-0.1, -0.05) is 36.4 Å². The van der Waals surface area contributed by atoms with Gasteiger partial charge in [-0.15, -0.1) is 0 Å². The molecule has 8 amide bonds. The van der Waals surface area contributed by atoms with Crippen LogP contribution in [0.5, 0.6) is 0 Å². The largest absolute Gasteiger partial charge is 0.444 e. The molecule has 4 aromatic rings. The van der Waals surface area contributed by atoms with Crippen LogP contribution < -0.4 is 26.2 Å². The van der Waals surface area contributed by atoms with E-state index >= 15 is 18.4 Å². The highest BCUT2D eigenvalue weighted by atomic mass is 19.1. The lowest BCUT2D eigenvalue weighted by Gasteiger charge is -2.47. The Morgan fingerprint density at radius 1 is 0.774 bits per heavy atom. The van der Waals surface area contributed by atoms with Gasteiger partial charge in [0, 0.05) is 89.0 Å². The average molecular weight is 1290 g/mol. The van der Waals surface area contributed by atoms with E-state index in [2.05, 4.69) is 38.0 Å². The molecular weight excluding hydrogens is 1210 g/mol. The highest BCUT2D eigenvalue weighted by molar-refractivity contribution is 6.05. The van der Waals surface area contributed by atoms with E-state index in [0.717, 1.165) is 34.2 Å². The van der Waals surface area contributed by atoms with Crippen LogP contribution >= 0.6 is 0 Å². The number of carbonyl (C=O) groups excluding carboxylic acids is 8. The van der Waals surface area contributed by atoms with Crippen LogP contribution in [0, 0.1) is 23.4 Å². The van der Waals surface area contributed by atoms with Crippen molar-refractivity contribution in [1.29, 1.82) is 0 Å². The van der Waals surface area contributed by atoms with Gasteiger partial charge in [0.1, 0.15) is 52.5 Å². The molecule has 0 bridgehead atoms. The number of anilines is 3. The number of morpholine rings is 1. The maximum atomic E-state index is 15.2. The smallest absolute Gasteiger partial charge is 0.410 e. The van der Waals surface area contributed by atoms with Gasteiger partial charge in [0.05, 0.1) is 31.7 Å². The number of para-hydroxylation sites is 1. The number of hydrogen-bond acceptors (Lipinski definition) is 14. The van der Waals surface area contributed by atoms with Gasteiger partial charge in [0.25, 0.3) is 5.91 Å². The molecule has 5 aliphatic rings. The second-order valence-electron chi connectivity index (χ2n) is 27.3. The number of halogens is 3. The first-order chi connectivity index (χ1) is 43.9. The predicted molar refractivity (Wildman–Crippen MR) is 340 cm³/mol. The first-order valence-electron chi connectivity index (χ1n) is 31.7. The van der Waals surface area contributed by atoms with Crippen molar-refractivity contribution in [3.63, 3.8) is 0 Å². The topological polar surface area (TPSA) is 241 Å². The minimum Gasteiger partial charge on any atom is -0.444 e. The van der Waals surface area contributed by atoms with Crippen molar-refractivity contribution in [2.75, 3.05) is 94.8 Å². The molecule has 93 heavy (non-hydrogen) atoms. The third-order valence-corrected chi connectivity index (χ3v) is 17.9. The van der Waals surface area contributed by atoms with Crippen molar-refractivity contribution in [3.05, 3.63) is 124 Å². The second-order valence-corrected chi connectivity index (χ2v) is 27.3.